The molecule has 0 aromatic heterocycles. The van der Waals surface area contributed by atoms with E-state index in [0.29, 0.717) is 16.1 Å². The molecular weight excluding hydrogens is 248 g/mol. The third-order valence-electron chi connectivity index (χ3n) is 2.54. The number of hydrogen-bond donors (Lipinski definition) is 0. The minimum Gasteiger partial charge on any atom is -0.549 e. The molecule has 0 aliphatic rings. The fourth-order valence-electron chi connectivity index (χ4n) is 1.59. The first-order valence-corrected chi connectivity index (χ1v) is 10.3. The number of rotatable bonds is 6. The molecule has 3 nitrogen and oxygen atoms in total. The van der Waals surface area contributed by atoms with Crippen LogP contribution >= 0.6 is 0 Å². The highest BCUT2D eigenvalue weighted by molar-refractivity contribution is 6.69. The molecule has 0 saturated carbocycles. The predicted octanol–water partition coefficient (Wildman–Crippen LogP) is 2.37. The van der Waals surface area contributed by atoms with Gasteiger partial charge < -0.3 is 8.85 Å². The van der Waals surface area contributed by atoms with E-state index in [1.165, 1.54) is 0 Å². The third kappa shape index (κ3) is 6.07. The Kier molecular flexibility index (Phi) is 6.19. The maximum absolute atomic E-state index is 11.8. The van der Waals surface area contributed by atoms with Gasteiger partial charge in [-0.1, -0.05) is 27.2 Å². The summed E-state index contributed by atoms with van der Waals surface area (Å²) in [5.41, 5.74) is 0.479. The molecule has 5 heteroatoms. The summed E-state index contributed by atoms with van der Waals surface area (Å²) in [6.45, 7) is 12.5. The van der Waals surface area contributed by atoms with Crippen molar-refractivity contribution in [1.29, 1.82) is 0 Å². The summed E-state index contributed by atoms with van der Waals surface area (Å²) in [6, 6.07) is 0. The summed E-state index contributed by atoms with van der Waals surface area (Å²) in [5.74, 6) is -0.228. The van der Waals surface area contributed by atoms with E-state index >= 15 is 0 Å². The van der Waals surface area contributed by atoms with Gasteiger partial charge in [-0.3, -0.25) is 0 Å². The van der Waals surface area contributed by atoms with Crippen LogP contribution in [0.25, 0.3) is 0 Å². The van der Waals surface area contributed by atoms with E-state index in [2.05, 4.69) is 40.4 Å². The lowest BCUT2D eigenvalue weighted by Gasteiger charge is -2.27. The first kappa shape index (κ1) is 16.4. The van der Waals surface area contributed by atoms with Gasteiger partial charge in [-0.05, 0) is 31.5 Å². The van der Waals surface area contributed by atoms with Crippen LogP contribution in [0.3, 0.4) is 0 Å². The van der Waals surface area contributed by atoms with Crippen LogP contribution in [0.4, 0.5) is 0 Å². The molecule has 0 amide bonds. The van der Waals surface area contributed by atoms with Gasteiger partial charge >= 0.3 is 5.97 Å². The quantitative estimate of drug-likeness (QED) is 0.424. The van der Waals surface area contributed by atoms with Crippen molar-refractivity contribution in [3.63, 3.8) is 0 Å². The monoisotopic (exact) mass is 274 g/mol. The summed E-state index contributed by atoms with van der Waals surface area (Å²) >= 11 is 0. The van der Waals surface area contributed by atoms with Crippen molar-refractivity contribution in [2.45, 2.75) is 53.3 Å². The van der Waals surface area contributed by atoms with Gasteiger partial charge in [0.2, 0.25) is 18.8 Å². The Balaban J connectivity index is 5.07. The van der Waals surface area contributed by atoms with Gasteiger partial charge in [0.25, 0.3) is 0 Å². The molecule has 0 unspecified atom stereocenters. The van der Waals surface area contributed by atoms with Crippen LogP contribution in [0, 0.1) is 5.41 Å². The fraction of sp³-hybridized carbons (Fsp3) is 0.750. The van der Waals surface area contributed by atoms with Gasteiger partial charge in [0, 0.05) is 0 Å². The minimum absolute atomic E-state index is 0.185. The average Bonchev–Trinajstić information content (AvgIpc) is 2.15. The standard InChI is InChI=1S/C12H26O3Si2/c1-7-8-12(2,3)10(11(13)15-16)9-14-17(4,5)6/h9H,7-8H2,1-6,16H3. The summed E-state index contributed by atoms with van der Waals surface area (Å²) in [7, 11) is -1.23. The van der Waals surface area contributed by atoms with Gasteiger partial charge in [-0.2, -0.15) is 0 Å². The van der Waals surface area contributed by atoms with Crippen LogP contribution in [0.5, 0.6) is 0 Å². The SMILES string of the molecule is CCCC(C)(C)C(=CO[Si](C)(C)C)C(=O)O[SiH3]. The molecule has 0 rings (SSSR count). The van der Waals surface area contributed by atoms with Gasteiger partial charge in [0.1, 0.15) is 0 Å². The molecule has 0 aromatic carbocycles. The van der Waals surface area contributed by atoms with Crippen molar-refractivity contribution in [1.82, 2.24) is 0 Å². The van der Waals surface area contributed by atoms with Crippen molar-refractivity contribution in [2.24, 2.45) is 5.41 Å². The van der Waals surface area contributed by atoms with Crippen LogP contribution < -0.4 is 0 Å². The van der Waals surface area contributed by atoms with E-state index in [1.54, 1.807) is 6.26 Å². The molecule has 100 valence electrons. The Labute approximate surface area is 109 Å². The molecule has 0 heterocycles. The molecular formula is C12H26O3Si2. The van der Waals surface area contributed by atoms with Crippen LogP contribution in [-0.2, 0) is 13.6 Å². The van der Waals surface area contributed by atoms with Crippen molar-refractivity contribution in [3.05, 3.63) is 11.8 Å². The molecule has 0 aliphatic carbocycles. The Morgan fingerprint density at radius 2 is 1.88 bits per heavy atom. The Morgan fingerprint density at radius 1 is 1.35 bits per heavy atom. The zero-order valence-electron chi connectivity index (χ0n) is 12.2. The molecule has 0 fully saturated rings. The summed E-state index contributed by atoms with van der Waals surface area (Å²) in [4.78, 5) is 11.8. The molecule has 0 spiro atoms. The van der Waals surface area contributed by atoms with E-state index in [9.17, 15) is 4.79 Å². The van der Waals surface area contributed by atoms with Crippen molar-refractivity contribution in [2.75, 3.05) is 0 Å². The average molecular weight is 275 g/mol. The molecule has 17 heavy (non-hydrogen) atoms. The molecule has 0 aromatic rings. The maximum atomic E-state index is 11.8. The van der Waals surface area contributed by atoms with Gasteiger partial charge in [-0.15, -0.1) is 0 Å². The second kappa shape index (κ2) is 6.40. The van der Waals surface area contributed by atoms with E-state index in [0.717, 1.165) is 12.8 Å². The van der Waals surface area contributed by atoms with Crippen LogP contribution in [0.2, 0.25) is 19.6 Å². The van der Waals surface area contributed by atoms with Crippen molar-refractivity contribution in [3.8, 4) is 0 Å². The van der Waals surface area contributed by atoms with Gasteiger partial charge in [-0.25, -0.2) is 4.79 Å². The molecule has 0 saturated heterocycles. The zero-order valence-corrected chi connectivity index (χ0v) is 15.2. The van der Waals surface area contributed by atoms with Gasteiger partial charge in [0.05, 0.1) is 11.8 Å². The Morgan fingerprint density at radius 3 is 2.24 bits per heavy atom. The van der Waals surface area contributed by atoms with E-state index < -0.39 is 8.32 Å². The first-order chi connectivity index (χ1) is 7.64. The topological polar surface area (TPSA) is 35.5 Å². The van der Waals surface area contributed by atoms with Crippen molar-refractivity contribution < 1.29 is 13.6 Å². The highest BCUT2D eigenvalue weighted by Gasteiger charge is 2.29. The van der Waals surface area contributed by atoms with Crippen LogP contribution in [-0.4, -0.2) is 24.8 Å². The van der Waals surface area contributed by atoms with Crippen LogP contribution in [0.1, 0.15) is 33.6 Å². The van der Waals surface area contributed by atoms with E-state index in [1.807, 2.05) is 0 Å². The summed E-state index contributed by atoms with van der Waals surface area (Å²) in [5, 5.41) is 0. The molecule has 0 aliphatic heterocycles. The van der Waals surface area contributed by atoms with Gasteiger partial charge in [0.15, 0.2) is 0 Å². The normalized spacial score (nSPS) is 13.6. The summed E-state index contributed by atoms with van der Waals surface area (Å²) in [6.07, 6.45) is 3.62. The number of carbonyl (C=O) groups is 1. The zero-order chi connectivity index (χ0) is 13.7. The number of hydrogen-bond acceptors (Lipinski definition) is 3. The highest BCUT2D eigenvalue weighted by atomic mass is 28.4. The van der Waals surface area contributed by atoms with E-state index in [4.69, 9.17) is 8.85 Å². The lowest BCUT2D eigenvalue weighted by atomic mass is 9.81. The Bertz CT molecular complexity index is 291. The lowest BCUT2D eigenvalue weighted by molar-refractivity contribution is -0.131. The summed E-state index contributed by atoms with van der Waals surface area (Å²) < 4.78 is 10.7. The maximum Gasteiger partial charge on any atom is 0.323 e. The van der Waals surface area contributed by atoms with Crippen molar-refractivity contribution >= 4 is 24.8 Å². The minimum atomic E-state index is -1.65. The van der Waals surface area contributed by atoms with Crippen LogP contribution in [0.15, 0.2) is 11.8 Å². The molecule has 0 N–H and O–H groups in total. The lowest BCUT2D eigenvalue weighted by Crippen LogP contribution is -2.27. The fourth-order valence-corrected chi connectivity index (χ4v) is 2.28. The smallest absolute Gasteiger partial charge is 0.323 e. The molecule has 0 radical (unpaired) electrons. The highest BCUT2D eigenvalue weighted by Crippen LogP contribution is 2.32. The first-order valence-electron chi connectivity index (χ1n) is 6.11. The third-order valence-corrected chi connectivity index (χ3v) is 3.74. The largest absolute Gasteiger partial charge is 0.549 e. The molecule has 0 atom stereocenters. The number of carbonyl (C=O) groups excluding carboxylic acids is 1. The molecule has 0 bridgehead atoms. The van der Waals surface area contributed by atoms with E-state index in [-0.39, 0.29) is 11.4 Å². The second-order valence-electron chi connectivity index (χ2n) is 5.89. The predicted molar refractivity (Wildman–Crippen MR) is 77.2 cm³/mol. The Hall–Kier alpha value is -0.556. The second-order valence-corrected chi connectivity index (χ2v) is 10.8.